The molecule has 0 unspecified atom stereocenters. The lowest BCUT2D eigenvalue weighted by Gasteiger charge is -2.08. The number of hydrogen-bond donors (Lipinski definition) is 1. The van der Waals surface area contributed by atoms with Crippen LogP contribution in [0.3, 0.4) is 0 Å². The Morgan fingerprint density at radius 1 is 1.00 bits per heavy atom. The molecule has 2 aromatic rings. The van der Waals surface area contributed by atoms with Crippen molar-refractivity contribution in [1.29, 1.82) is 0 Å². The van der Waals surface area contributed by atoms with Gasteiger partial charge < -0.3 is 0 Å². The van der Waals surface area contributed by atoms with Crippen molar-refractivity contribution < 1.29 is 22.0 Å². The highest BCUT2D eigenvalue weighted by molar-refractivity contribution is 7.92. The Morgan fingerprint density at radius 3 is 2.14 bits per heavy atom. The highest BCUT2D eigenvalue weighted by Crippen LogP contribution is 2.18. The number of Topliss-reactive ketones (excluding diaryl/α,β-unsaturated/α-hetero) is 1. The Kier molecular flexibility index (Phi) is 4.04. The van der Waals surface area contributed by atoms with Crippen LogP contribution in [-0.4, -0.2) is 14.2 Å². The standard InChI is InChI=1S/C14H11F2NO3S/c1-9(18)10-2-5-12(6-3-10)21(19,20)17-11-4-7-13(15)14(16)8-11/h2-8,17H,1H3. The van der Waals surface area contributed by atoms with E-state index < -0.39 is 21.7 Å². The van der Waals surface area contributed by atoms with E-state index >= 15 is 0 Å². The molecule has 2 aromatic carbocycles. The zero-order valence-corrected chi connectivity index (χ0v) is 11.7. The average Bonchev–Trinajstić information content (AvgIpc) is 2.43. The third-order valence-electron chi connectivity index (χ3n) is 2.74. The number of sulfonamides is 1. The monoisotopic (exact) mass is 311 g/mol. The molecule has 0 amide bonds. The minimum Gasteiger partial charge on any atom is -0.295 e. The summed E-state index contributed by atoms with van der Waals surface area (Å²) in [6.07, 6.45) is 0. The maximum atomic E-state index is 13.1. The second kappa shape index (κ2) is 5.61. The SMILES string of the molecule is CC(=O)c1ccc(S(=O)(=O)Nc2ccc(F)c(F)c2)cc1. The maximum Gasteiger partial charge on any atom is 0.261 e. The van der Waals surface area contributed by atoms with Crippen molar-refractivity contribution in [2.75, 3.05) is 4.72 Å². The first-order chi connectivity index (χ1) is 9.79. The van der Waals surface area contributed by atoms with E-state index in [0.717, 1.165) is 18.2 Å². The molecule has 110 valence electrons. The maximum absolute atomic E-state index is 13.1. The number of carbonyl (C=O) groups is 1. The molecule has 0 fully saturated rings. The minimum absolute atomic E-state index is 0.0859. The van der Waals surface area contributed by atoms with E-state index in [4.69, 9.17) is 0 Å². The van der Waals surface area contributed by atoms with E-state index in [-0.39, 0.29) is 16.4 Å². The summed E-state index contributed by atoms with van der Waals surface area (Å²) in [7, 11) is -3.94. The predicted octanol–water partition coefficient (Wildman–Crippen LogP) is 2.97. The predicted molar refractivity (Wildman–Crippen MR) is 73.6 cm³/mol. The molecule has 0 aliphatic rings. The molecule has 0 atom stereocenters. The number of rotatable bonds is 4. The number of nitrogens with one attached hydrogen (secondary N) is 1. The Hall–Kier alpha value is -2.28. The fraction of sp³-hybridized carbons (Fsp3) is 0.0714. The summed E-state index contributed by atoms with van der Waals surface area (Å²) in [5.41, 5.74) is 0.284. The van der Waals surface area contributed by atoms with Crippen molar-refractivity contribution in [3.05, 3.63) is 59.7 Å². The summed E-state index contributed by atoms with van der Waals surface area (Å²) in [4.78, 5) is 11.0. The van der Waals surface area contributed by atoms with E-state index in [1.165, 1.54) is 31.2 Å². The van der Waals surface area contributed by atoms with Crippen LogP contribution in [0.2, 0.25) is 0 Å². The lowest BCUT2D eigenvalue weighted by atomic mass is 10.2. The second-order valence-electron chi connectivity index (χ2n) is 4.31. The number of halogens is 2. The lowest BCUT2D eigenvalue weighted by molar-refractivity contribution is 0.101. The Morgan fingerprint density at radius 2 is 1.62 bits per heavy atom. The van der Waals surface area contributed by atoms with Gasteiger partial charge >= 0.3 is 0 Å². The van der Waals surface area contributed by atoms with Crippen molar-refractivity contribution in [3.63, 3.8) is 0 Å². The van der Waals surface area contributed by atoms with Crippen molar-refractivity contribution in [2.24, 2.45) is 0 Å². The molecule has 4 nitrogen and oxygen atoms in total. The molecule has 0 aromatic heterocycles. The largest absolute Gasteiger partial charge is 0.295 e. The topological polar surface area (TPSA) is 63.2 Å². The normalized spacial score (nSPS) is 11.2. The first kappa shape index (κ1) is 15.1. The molecule has 0 radical (unpaired) electrons. The van der Waals surface area contributed by atoms with Gasteiger partial charge in [0.15, 0.2) is 17.4 Å². The zero-order valence-electron chi connectivity index (χ0n) is 10.9. The van der Waals surface area contributed by atoms with Gasteiger partial charge in [-0.25, -0.2) is 17.2 Å². The second-order valence-corrected chi connectivity index (χ2v) is 6.00. The quantitative estimate of drug-likeness (QED) is 0.883. The third kappa shape index (κ3) is 3.43. The third-order valence-corrected chi connectivity index (χ3v) is 4.14. The van der Waals surface area contributed by atoms with Crippen molar-refractivity contribution in [3.8, 4) is 0 Å². The molecule has 21 heavy (non-hydrogen) atoms. The highest BCUT2D eigenvalue weighted by atomic mass is 32.2. The molecule has 2 rings (SSSR count). The fourth-order valence-corrected chi connectivity index (χ4v) is 2.69. The van der Waals surface area contributed by atoms with Crippen LogP contribution in [0.25, 0.3) is 0 Å². The van der Waals surface area contributed by atoms with Gasteiger partial charge in [-0.2, -0.15) is 0 Å². The van der Waals surface area contributed by atoms with Crippen molar-refractivity contribution in [2.45, 2.75) is 11.8 Å². The van der Waals surface area contributed by atoms with Crippen LogP contribution >= 0.6 is 0 Å². The van der Waals surface area contributed by atoms with Crippen LogP contribution in [0.15, 0.2) is 47.4 Å². The van der Waals surface area contributed by atoms with Crippen LogP contribution in [0.4, 0.5) is 14.5 Å². The molecule has 0 saturated carbocycles. The van der Waals surface area contributed by atoms with Gasteiger partial charge in [0.2, 0.25) is 0 Å². The van der Waals surface area contributed by atoms with Crippen LogP contribution in [0, 0.1) is 11.6 Å². The van der Waals surface area contributed by atoms with Crippen LogP contribution < -0.4 is 4.72 Å². The van der Waals surface area contributed by atoms with Crippen molar-refractivity contribution >= 4 is 21.5 Å². The molecular weight excluding hydrogens is 300 g/mol. The van der Waals surface area contributed by atoms with E-state index in [1.807, 2.05) is 0 Å². The van der Waals surface area contributed by atoms with Crippen LogP contribution in [-0.2, 0) is 10.0 Å². The molecule has 0 heterocycles. The summed E-state index contributed by atoms with van der Waals surface area (Å²) in [6.45, 7) is 1.36. The molecule has 0 aliphatic heterocycles. The smallest absolute Gasteiger partial charge is 0.261 e. The fourth-order valence-electron chi connectivity index (χ4n) is 1.64. The molecular formula is C14H11F2NO3S. The number of hydrogen-bond acceptors (Lipinski definition) is 3. The van der Waals surface area contributed by atoms with E-state index in [9.17, 15) is 22.0 Å². The molecule has 0 saturated heterocycles. The van der Waals surface area contributed by atoms with Crippen LogP contribution in [0.1, 0.15) is 17.3 Å². The van der Waals surface area contributed by atoms with E-state index in [0.29, 0.717) is 5.56 Å². The number of carbonyl (C=O) groups excluding carboxylic acids is 1. The van der Waals surface area contributed by atoms with Gasteiger partial charge in [-0.15, -0.1) is 0 Å². The molecule has 0 bridgehead atoms. The van der Waals surface area contributed by atoms with Gasteiger partial charge in [0.25, 0.3) is 10.0 Å². The number of anilines is 1. The summed E-state index contributed by atoms with van der Waals surface area (Å²) in [6, 6.07) is 7.96. The Bertz CT molecular complexity index is 786. The van der Waals surface area contributed by atoms with Crippen LogP contribution in [0.5, 0.6) is 0 Å². The van der Waals surface area contributed by atoms with Gasteiger partial charge in [0.1, 0.15) is 0 Å². The highest BCUT2D eigenvalue weighted by Gasteiger charge is 2.15. The zero-order chi connectivity index (χ0) is 15.6. The van der Waals surface area contributed by atoms with Gasteiger partial charge in [0, 0.05) is 11.6 Å². The van der Waals surface area contributed by atoms with Gasteiger partial charge in [-0.3, -0.25) is 9.52 Å². The van der Waals surface area contributed by atoms with Gasteiger partial charge in [-0.05, 0) is 31.2 Å². The first-order valence-electron chi connectivity index (χ1n) is 5.88. The Labute approximate surface area is 120 Å². The summed E-state index contributed by atoms with van der Waals surface area (Å²) >= 11 is 0. The number of benzene rings is 2. The molecule has 1 N–H and O–H groups in total. The Balaban J connectivity index is 2.29. The summed E-state index contributed by atoms with van der Waals surface area (Å²) in [5.74, 6) is -2.40. The number of ketones is 1. The van der Waals surface area contributed by atoms with Crippen molar-refractivity contribution in [1.82, 2.24) is 0 Å². The summed E-state index contributed by atoms with van der Waals surface area (Å²) < 4.78 is 52.1. The van der Waals surface area contributed by atoms with Gasteiger partial charge in [0.05, 0.1) is 10.6 Å². The van der Waals surface area contributed by atoms with Gasteiger partial charge in [-0.1, -0.05) is 12.1 Å². The minimum atomic E-state index is -3.94. The molecule has 7 heteroatoms. The lowest BCUT2D eigenvalue weighted by Crippen LogP contribution is -2.13. The molecule has 0 aliphatic carbocycles. The molecule has 0 spiro atoms. The first-order valence-corrected chi connectivity index (χ1v) is 7.37. The van der Waals surface area contributed by atoms with E-state index in [1.54, 1.807) is 0 Å². The van der Waals surface area contributed by atoms with E-state index in [2.05, 4.69) is 4.72 Å². The summed E-state index contributed by atoms with van der Waals surface area (Å²) in [5, 5.41) is 0. The average molecular weight is 311 g/mol.